The minimum Gasteiger partial charge on any atom is -0.508 e. The lowest BCUT2D eigenvalue weighted by atomic mass is 9.83. The number of hydrogen-bond donors (Lipinski definition) is 1. The van der Waals surface area contributed by atoms with Crippen LogP contribution in [0.5, 0.6) is 5.75 Å². The number of benzene rings is 1. The van der Waals surface area contributed by atoms with Gasteiger partial charge in [0.1, 0.15) is 5.75 Å². The van der Waals surface area contributed by atoms with Crippen molar-refractivity contribution in [3.8, 4) is 5.75 Å². The normalized spacial score (nSPS) is 20.9. The molecule has 0 saturated carbocycles. The van der Waals surface area contributed by atoms with Crippen LogP contribution in [0.2, 0.25) is 0 Å². The van der Waals surface area contributed by atoms with Crippen molar-refractivity contribution in [2.24, 2.45) is 0 Å². The zero-order valence-corrected chi connectivity index (χ0v) is 7.71. The maximum Gasteiger partial charge on any atom is 0.245 e. The fourth-order valence-electron chi connectivity index (χ4n) is 2.10. The second kappa shape index (κ2) is 3.56. The van der Waals surface area contributed by atoms with Crippen molar-refractivity contribution in [2.45, 2.75) is 31.6 Å². The van der Waals surface area contributed by atoms with Gasteiger partial charge in [-0.25, -0.2) is 8.78 Å². The van der Waals surface area contributed by atoms with Crippen molar-refractivity contribution in [3.63, 3.8) is 0 Å². The topological polar surface area (TPSA) is 20.2 Å². The van der Waals surface area contributed by atoms with E-state index >= 15 is 0 Å². The summed E-state index contributed by atoms with van der Waals surface area (Å²) in [4.78, 5) is 0. The molecule has 76 valence electrons. The first-order valence-electron chi connectivity index (χ1n) is 4.78. The molecule has 1 aromatic carbocycles. The molecule has 0 amide bonds. The lowest BCUT2D eigenvalue weighted by Gasteiger charge is -2.24. The smallest absolute Gasteiger partial charge is 0.245 e. The average Bonchev–Trinajstić information content (AvgIpc) is 2.16. The Balaban J connectivity index is 2.40. The van der Waals surface area contributed by atoms with Crippen LogP contribution in [0, 0.1) is 0 Å². The molecule has 3 heteroatoms. The van der Waals surface area contributed by atoms with Crippen molar-refractivity contribution in [2.75, 3.05) is 0 Å². The Morgan fingerprint density at radius 1 is 1.36 bits per heavy atom. The lowest BCUT2D eigenvalue weighted by Crippen LogP contribution is -2.16. The number of halogens is 2. The number of phenolic OH excluding ortho intramolecular Hbond substituents is 1. The van der Waals surface area contributed by atoms with Gasteiger partial charge in [0.05, 0.1) is 0 Å². The summed E-state index contributed by atoms with van der Waals surface area (Å²) in [5.41, 5.74) is 1.59. The van der Waals surface area contributed by atoms with E-state index in [0.717, 1.165) is 18.4 Å². The molecule has 1 nitrogen and oxygen atoms in total. The average molecular weight is 198 g/mol. The van der Waals surface area contributed by atoms with Gasteiger partial charge < -0.3 is 5.11 Å². The molecule has 0 radical (unpaired) electrons. The van der Waals surface area contributed by atoms with Gasteiger partial charge in [-0.3, -0.25) is 0 Å². The largest absolute Gasteiger partial charge is 0.508 e. The Hall–Kier alpha value is -1.12. The first-order valence-corrected chi connectivity index (χ1v) is 4.78. The molecule has 2 rings (SSSR count). The predicted octanol–water partition coefficient (Wildman–Crippen LogP) is 3.08. The molecule has 0 heterocycles. The molecule has 1 unspecified atom stereocenters. The molecule has 1 N–H and O–H groups in total. The van der Waals surface area contributed by atoms with Gasteiger partial charge in [0, 0.05) is 5.92 Å². The van der Waals surface area contributed by atoms with Gasteiger partial charge in [-0.05, 0) is 42.5 Å². The zero-order valence-electron chi connectivity index (χ0n) is 7.71. The van der Waals surface area contributed by atoms with E-state index in [-0.39, 0.29) is 5.75 Å². The Kier molecular flexibility index (Phi) is 2.40. The first-order chi connectivity index (χ1) is 6.68. The quantitative estimate of drug-likeness (QED) is 0.735. The standard InChI is InChI=1S/C11H12F2O/c12-11(13)10-3-1-2-7-6-8(14)4-5-9(7)10/h4-6,10-11,14H,1-3H2. The Morgan fingerprint density at radius 3 is 2.86 bits per heavy atom. The first kappa shape index (κ1) is 9.44. The van der Waals surface area contributed by atoms with Gasteiger partial charge in [-0.15, -0.1) is 0 Å². The van der Waals surface area contributed by atoms with Gasteiger partial charge in [0.2, 0.25) is 6.43 Å². The molecule has 0 fully saturated rings. The summed E-state index contributed by atoms with van der Waals surface area (Å²) >= 11 is 0. The fourth-order valence-corrected chi connectivity index (χ4v) is 2.10. The zero-order chi connectivity index (χ0) is 10.1. The van der Waals surface area contributed by atoms with Crippen LogP contribution >= 0.6 is 0 Å². The number of rotatable bonds is 1. The minimum absolute atomic E-state index is 0.165. The van der Waals surface area contributed by atoms with Crippen LogP contribution < -0.4 is 0 Å². The predicted molar refractivity (Wildman–Crippen MR) is 49.8 cm³/mol. The van der Waals surface area contributed by atoms with Crippen molar-refractivity contribution >= 4 is 0 Å². The van der Waals surface area contributed by atoms with Crippen LogP contribution in [0.25, 0.3) is 0 Å². The highest BCUT2D eigenvalue weighted by Crippen LogP contribution is 2.36. The van der Waals surface area contributed by atoms with Crippen molar-refractivity contribution in [1.29, 1.82) is 0 Å². The highest BCUT2D eigenvalue weighted by molar-refractivity contribution is 5.38. The highest BCUT2D eigenvalue weighted by atomic mass is 19.3. The summed E-state index contributed by atoms with van der Waals surface area (Å²) < 4.78 is 25.3. The van der Waals surface area contributed by atoms with Crippen molar-refractivity contribution < 1.29 is 13.9 Å². The molecule has 1 aliphatic rings. The van der Waals surface area contributed by atoms with E-state index in [9.17, 15) is 13.9 Å². The van der Waals surface area contributed by atoms with Crippen LogP contribution in [-0.4, -0.2) is 11.5 Å². The van der Waals surface area contributed by atoms with Crippen LogP contribution in [-0.2, 0) is 6.42 Å². The summed E-state index contributed by atoms with van der Waals surface area (Å²) in [5, 5.41) is 9.23. The number of aryl methyl sites for hydroxylation is 1. The van der Waals surface area contributed by atoms with E-state index in [2.05, 4.69) is 0 Å². The summed E-state index contributed by atoms with van der Waals surface area (Å²) in [7, 11) is 0. The molecule has 0 aromatic heterocycles. The molecular formula is C11H12F2O. The van der Waals surface area contributed by atoms with Crippen molar-refractivity contribution in [3.05, 3.63) is 29.3 Å². The molecule has 1 aliphatic carbocycles. The molecule has 0 saturated heterocycles. The summed E-state index contributed by atoms with van der Waals surface area (Å²) in [6, 6.07) is 4.71. The Morgan fingerprint density at radius 2 is 2.14 bits per heavy atom. The maximum absolute atomic E-state index is 12.6. The SMILES string of the molecule is Oc1ccc2c(c1)CCCC2C(F)F. The number of aromatic hydroxyl groups is 1. The molecule has 1 aromatic rings. The van der Waals surface area contributed by atoms with Crippen LogP contribution in [0.3, 0.4) is 0 Å². The van der Waals surface area contributed by atoms with E-state index in [4.69, 9.17) is 0 Å². The third-order valence-electron chi connectivity index (χ3n) is 2.79. The van der Waals surface area contributed by atoms with E-state index in [1.807, 2.05) is 0 Å². The van der Waals surface area contributed by atoms with Gasteiger partial charge in [0.25, 0.3) is 0 Å². The Labute approximate surface area is 81.4 Å². The van der Waals surface area contributed by atoms with Gasteiger partial charge in [0.15, 0.2) is 0 Å². The third-order valence-corrected chi connectivity index (χ3v) is 2.79. The van der Waals surface area contributed by atoms with Crippen LogP contribution in [0.15, 0.2) is 18.2 Å². The number of fused-ring (bicyclic) bond motifs is 1. The van der Waals surface area contributed by atoms with Crippen LogP contribution in [0.4, 0.5) is 8.78 Å². The minimum atomic E-state index is -2.29. The molecular weight excluding hydrogens is 186 g/mol. The summed E-state index contributed by atoms with van der Waals surface area (Å²) in [5.74, 6) is -0.474. The van der Waals surface area contributed by atoms with Gasteiger partial charge >= 0.3 is 0 Å². The van der Waals surface area contributed by atoms with E-state index in [0.29, 0.717) is 12.0 Å². The van der Waals surface area contributed by atoms with Crippen molar-refractivity contribution in [1.82, 2.24) is 0 Å². The molecule has 0 spiro atoms. The summed E-state index contributed by atoms with van der Waals surface area (Å²) in [6.07, 6.45) is -0.160. The van der Waals surface area contributed by atoms with E-state index in [1.165, 1.54) is 6.07 Å². The van der Waals surface area contributed by atoms with E-state index < -0.39 is 12.3 Å². The molecule has 0 aliphatic heterocycles. The highest BCUT2D eigenvalue weighted by Gasteiger charge is 2.27. The Bertz CT molecular complexity index is 336. The number of alkyl halides is 2. The van der Waals surface area contributed by atoms with E-state index in [1.54, 1.807) is 12.1 Å². The van der Waals surface area contributed by atoms with Gasteiger partial charge in [-0.2, -0.15) is 0 Å². The number of phenols is 1. The number of hydrogen-bond acceptors (Lipinski definition) is 1. The lowest BCUT2D eigenvalue weighted by molar-refractivity contribution is 0.106. The molecule has 14 heavy (non-hydrogen) atoms. The second-order valence-electron chi connectivity index (χ2n) is 3.72. The third kappa shape index (κ3) is 1.59. The maximum atomic E-state index is 12.6. The fraction of sp³-hybridized carbons (Fsp3) is 0.455. The summed E-state index contributed by atoms with van der Waals surface area (Å²) in [6.45, 7) is 0. The monoisotopic (exact) mass is 198 g/mol. The van der Waals surface area contributed by atoms with Gasteiger partial charge in [-0.1, -0.05) is 6.07 Å². The molecule has 0 bridgehead atoms. The van der Waals surface area contributed by atoms with Crippen LogP contribution in [0.1, 0.15) is 29.9 Å². The molecule has 1 atom stereocenters. The second-order valence-corrected chi connectivity index (χ2v) is 3.72.